The minimum atomic E-state index is -0.462. The highest BCUT2D eigenvalue weighted by molar-refractivity contribution is 5.96. The smallest absolute Gasteiger partial charge is 0.341 e. The number of nitrogens with one attached hydrogen (secondary N) is 2. The van der Waals surface area contributed by atoms with Crippen molar-refractivity contribution in [1.29, 1.82) is 0 Å². The van der Waals surface area contributed by atoms with Gasteiger partial charge >= 0.3 is 5.97 Å². The summed E-state index contributed by atoms with van der Waals surface area (Å²) < 4.78 is 4.94. The Morgan fingerprint density at radius 1 is 1.33 bits per heavy atom. The number of carbonyl (C=O) groups excluding carboxylic acids is 2. The summed E-state index contributed by atoms with van der Waals surface area (Å²) in [5, 5.41) is 2.70. The molecule has 2 aromatic rings. The number of hydrogen-bond acceptors (Lipinski definition) is 4. The van der Waals surface area contributed by atoms with Gasteiger partial charge < -0.3 is 20.8 Å². The number of aromatic amines is 1. The summed E-state index contributed by atoms with van der Waals surface area (Å²) in [4.78, 5) is 25.8. The molecule has 0 aliphatic rings. The monoisotopic (exact) mass is 287 g/mol. The third-order valence-electron chi connectivity index (χ3n) is 2.84. The van der Waals surface area contributed by atoms with Gasteiger partial charge in [0.2, 0.25) is 5.91 Å². The second-order valence-electron chi connectivity index (χ2n) is 4.49. The Bertz CT molecular complexity index is 677. The van der Waals surface area contributed by atoms with Crippen molar-refractivity contribution in [1.82, 2.24) is 4.98 Å². The second-order valence-corrected chi connectivity index (χ2v) is 4.49. The molecular weight excluding hydrogens is 270 g/mol. The van der Waals surface area contributed by atoms with E-state index < -0.39 is 5.97 Å². The van der Waals surface area contributed by atoms with Gasteiger partial charge in [-0.05, 0) is 25.1 Å². The average Bonchev–Trinajstić information content (AvgIpc) is 2.81. The first-order valence-electron chi connectivity index (χ1n) is 6.55. The third kappa shape index (κ3) is 3.42. The number of hydrogen-bond donors (Lipinski definition) is 3. The van der Waals surface area contributed by atoms with E-state index >= 15 is 0 Å². The van der Waals surface area contributed by atoms with Crippen LogP contribution in [0, 0.1) is 0 Å². The van der Waals surface area contributed by atoms with Crippen LogP contribution in [0.5, 0.6) is 0 Å². The average molecular weight is 287 g/mol. The molecule has 0 saturated carbocycles. The quantitative estimate of drug-likeness (QED) is 0.752. The van der Waals surface area contributed by atoms with Crippen LogP contribution < -0.4 is 11.1 Å². The molecule has 0 radical (unpaired) electrons. The summed E-state index contributed by atoms with van der Waals surface area (Å²) in [6, 6.07) is 8.87. The predicted molar refractivity (Wildman–Crippen MR) is 80.9 cm³/mol. The lowest BCUT2D eigenvalue weighted by Crippen LogP contribution is -2.05. The van der Waals surface area contributed by atoms with Gasteiger partial charge in [-0.15, -0.1) is 0 Å². The normalized spacial score (nSPS) is 10.2. The van der Waals surface area contributed by atoms with Gasteiger partial charge in [-0.1, -0.05) is 12.1 Å². The molecule has 1 amide bonds. The van der Waals surface area contributed by atoms with Crippen LogP contribution in [0.2, 0.25) is 0 Å². The number of benzene rings is 1. The molecule has 2 rings (SSSR count). The summed E-state index contributed by atoms with van der Waals surface area (Å²) in [6.45, 7) is 3.47. The van der Waals surface area contributed by atoms with E-state index in [0.717, 1.165) is 5.56 Å². The highest BCUT2D eigenvalue weighted by atomic mass is 16.5. The maximum atomic E-state index is 11.7. The number of nitrogens with two attached hydrogens (primary N) is 1. The van der Waals surface area contributed by atoms with E-state index in [2.05, 4.69) is 10.3 Å². The Hall–Kier alpha value is -2.76. The molecule has 4 N–H and O–H groups in total. The molecule has 110 valence electrons. The zero-order valence-corrected chi connectivity index (χ0v) is 11.9. The number of H-pyrrole nitrogens is 1. The Morgan fingerprint density at radius 2 is 2.10 bits per heavy atom. The topological polar surface area (TPSA) is 97.2 Å². The molecule has 0 spiro atoms. The minimum absolute atomic E-state index is 0.148. The Morgan fingerprint density at radius 3 is 2.76 bits per heavy atom. The van der Waals surface area contributed by atoms with E-state index in [1.165, 1.54) is 6.92 Å². The van der Waals surface area contributed by atoms with Crippen LogP contribution in [0.1, 0.15) is 24.2 Å². The van der Waals surface area contributed by atoms with Gasteiger partial charge in [0.15, 0.2) is 0 Å². The summed E-state index contributed by atoms with van der Waals surface area (Å²) in [5.74, 6) is -0.353. The van der Waals surface area contributed by atoms with E-state index in [-0.39, 0.29) is 18.3 Å². The van der Waals surface area contributed by atoms with Crippen molar-refractivity contribution in [3.05, 3.63) is 35.9 Å². The standard InChI is InChI=1S/C15H17N3O3/c1-3-21-15(20)12-8-13(18-14(12)16)10-5-4-6-11(7-10)17-9(2)19/h4-8,18H,3,16H2,1-2H3,(H,17,19). The lowest BCUT2D eigenvalue weighted by molar-refractivity contribution is -0.114. The Kier molecular flexibility index (Phi) is 4.27. The molecule has 21 heavy (non-hydrogen) atoms. The first-order chi connectivity index (χ1) is 10.0. The first-order valence-corrected chi connectivity index (χ1v) is 6.55. The second kappa shape index (κ2) is 6.13. The molecule has 0 atom stereocenters. The number of esters is 1. The fraction of sp³-hybridized carbons (Fsp3) is 0.200. The van der Waals surface area contributed by atoms with Crippen molar-refractivity contribution in [3.8, 4) is 11.3 Å². The van der Waals surface area contributed by atoms with Crippen molar-refractivity contribution in [2.75, 3.05) is 17.7 Å². The number of rotatable bonds is 4. The van der Waals surface area contributed by atoms with E-state index in [9.17, 15) is 9.59 Å². The number of carbonyl (C=O) groups is 2. The fourth-order valence-electron chi connectivity index (χ4n) is 1.97. The summed E-state index contributed by atoms with van der Waals surface area (Å²) in [6.07, 6.45) is 0. The van der Waals surface area contributed by atoms with Crippen LogP contribution >= 0.6 is 0 Å². The van der Waals surface area contributed by atoms with Gasteiger partial charge in [0.05, 0.1) is 6.61 Å². The molecule has 1 aromatic carbocycles. The van der Waals surface area contributed by atoms with Crippen LogP contribution in [0.4, 0.5) is 11.5 Å². The molecule has 1 aromatic heterocycles. The zero-order valence-electron chi connectivity index (χ0n) is 11.9. The number of nitrogen functional groups attached to an aromatic ring is 1. The fourth-order valence-corrected chi connectivity index (χ4v) is 1.97. The number of amides is 1. The van der Waals surface area contributed by atoms with Gasteiger partial charge in [0.1, 0.15) is 11.4 Å². The molecule has 0 aliphatic carbocycles. The number of aromatic nitrogens is 1. The van der Waals surface area contributed by atoms with Crippen LogP contribution in [0.3, 0.4) is 0 Å². The van der Waals surface area contributed by atoms with Gasteiger partial charge in [-0.25, -0.2) is 4.79 Å². The van der Waals surface area contributed by atoms with Crippen molar-refractivity contribution >= 4 is 23.4 Å². The molecule has 0 saturated heterocycles. The Balaban J connectivity index is 2.32. The van der Waals surface area contributed by atoms with Gasteiger partial charge in [0.25, 0.3) is 0 Å². The molecule has 0 bridgehead atoms. The highest BCUT2D eigenvalue weighted by Gasteiger charge is 2.15. The molecule has 1 heterocycles. The van der Waals surface area contributed by atoms with Crippen molar-refractivity contribution in [2.45, 2.75) is 13.8 Å². The maximum Gasteiger partial charge on any atom is 0.341 e. The SMILES string of the molecule is CCOC(=O)c1cc(-c2cccc(NC(C)=O)c2)[nH]c1N. The number of ether oxygens (including phenoxy) is 1. The Labute approximate surface area is 122 Å². The van der Waals surface area contributed by atoms with Gasteiger partial charge in [-0.3, -0.25) is 4.79 Å². The van der Waals surface area contributed by atoms with Gasteiger partial charge in [-0.2, -0.15) is 0 Å². The molecule has 0 unspecified atom stereocenters. The molecule has 6 heteroatoms. The first kappa shape index (κ1) is 14.6. The lowest BCUT2D eigenvalue weighted by Gasteiger charge is -2.04. The predicted octanol–water partition coefficient (Wildman–Crippen LogP) is 2.40. The lowest BCUT2D eigenvalue weighted by atomic mass is 10.1. The largest absolute Gasteiger partial charge is 0.462 e. The van der Waals surface area contributed by atoms with E-state index in [4.69, 9.17) is 10.5 Å². The molecular formula is C15H17N3O3. The van der Waals surface area contributed by atoms with E-state index in [0.29, 0.717) is 16.9 Å². The summed E-state index contributed by atoms with van der Waals surface area (Å²) in [5.41, 5.74) is 8.27. The van der Waals surface area contributed by atoms with Crippen LogP contribution in [0.25, 0.3) is 11.3 Å². The summed E-state index contributed by atoms with van der Waals surface area (Å²) in [7, 11) is 0. The van der Waals surface area contributed by atoms with Crippen LogP contribution in [0.15, 0.2) is 30.3 Å². The van der Waals surface area contributed by atoms with Crippen molar-refractivity contribution in [3.63, 3.8) is 0 Å². The van der Waals surface area contributed by atoms with E-state index in [1.54, 1.807) is 25.1 Å². The van der Waals surface area contributed by atoms with Crippen molar-refractivity contribution < 1.29 is 14.3 Å². The third-order valence-corrected chi connectivity index (χ3v) is 2.84. The van der Waals surface area contributed by atoms with Crippen LogP contribution in [-0.4, -0.2) is 23.5 Å². The minimum Gasteiger partial charge on any atom is -0.462 e. The molecule has 0 aliphatic heterocycles. The number of anilines is 2. The molecule has 6 nitrogen and oxygen atoms in total. The van der Waals surface area contributed by atoms with Gasteiger partial charge in [0, 0.05) is 23.9 Å². The van der Waals surface area contributed by atoms with Crippen LogP contribution in [-0.2, 0) is 9.53 Å². The highest BCUT2D eigenvalue weighted by Crippen LogP contribution is 2.26. The molecule has 0 fully saturated rings. The van der Waals surface area contributed by atoms with E-state index in [1.807, 2.05) is 12.1 Å². The maximum absolute atomic E-state index is 11.7. The van der Waals surface area contributed by atoms with Crippen molar-refractivity contribution in [2.24, 2.45) is 0 Å². The zero-order chi connectivity index (χ0) is 15.4. The summed E-state index contributed by atoms with van der Waals surface area (Å²) >= 11 is 0.